The van der Waals surface area contributed by atoms with Crippen LogP contribution in [-0.2, 0) is 20.7 Å². The number of nitrogens with zero attached hydrogens (tertiary/aromatic N) is 1. The van der Waals surface area contributed by atoms with Crippen LogP contribution in [-0.4, -0.2) is 36.5 Å². The zero-order valence-corrected chi connectivity index (χ0v) is 14.9. The molecule has 0 bridgehead atoms. The van der Waals surface area contributed by atoms with Crippen LogP contribution < -0.4 is 0 Å². The lowest BCUT2D eigenvalue weighted by molar-refractivity contribution is -0.143. The first-order chi connectivity index (χ1) is 11.6. The molecule has 0 saturated heterocycles. The molecule has 0 aromatic heterocycles. The molecule has 2 unspecified atom stereocenters. The minimum atomic E-state index is -0.251. The van der Waals surface area contributed by atoms with Gasteiger partial charge in [0.25, 0.3) is 0 Å². The third kappa shape index (κ3) is 5.36. The van der Waals surface area contributed by atoms with Crippen molar-refractivity contribution in [2.24, 2.45) is 5.92 Å². The number of amides is 1. The number of benzene rings is 1. The smallest absolute Gasteiger partial charge is 0.307 e. The summed E-state index contributed by atoms with van der Waals surface area (Å²) in [6.07, 6.45) is 6.11. The van der Waals surface area contributed by atoms with E-state index in [-0.39, 0.29) is 24.3 Å². The number of aryl methyl sites for hydroxylation is 1. The molecule has 0 heterocycles. The van der Waals surface area contributed by atoms with Gasteiger partial charge in [0, 0.05) is 19.0 Å². The molecule has 1 aromatic carbocycles. The van der Waals surface area contributed by atoms with Gasteiger partial charge in [-0.05, 0) is 30.7 Å². The number of hydrogen-bond donors (Lipinski definition) is 0. The summed E-state index contributed by atoms with van der Waals surface area (Å²) in [5.41, 5.74) is 1.18. The molecular weight excluding hydrogens is 302 g/mol. The largest absolute Gasteiger partial charge is 0.469 e. The van der Waals surface area contributed by atoms with Crippen molar-refractivity contribution >= 4 is 11.9 Å². The fourth-order valence-electron chi connectivity index (χ4n) is 3.59. The van der Waals surface area contributed by atoms with Crippen LogP contribution in [0.5, 0.6) is 0 Å². The van der Waals surface area contributed by atoms with Crippen molar-refractivity contribution in [1.29, 1.82) is 0 Å². The number of carbonyl (C=O) groups is 2. The average Bonchev–Trinajstić information content (AvgIpc) is 2.62. The monoisotopic (exact) mass is 331 g/mol. The first-order valence-corrected chi connectivity index (χ1v) is 9.02. The van der Waals surface area contributed by atoms with Crippen LogP contribution in [0.1, 0.15) is 51.0 Å². The molecule has 1 amide bonds. The minimum Gasteiger partial charge on any atom is -0.469 e. The molecule has 4 heteroatoms. The van der Waals surface area contributed by atoms with E-state index >= 15 is 0 Å². The highest BCUT2D eigenvalue weighted by Crippen LogP contribution is 2.29. The first kappa shape index (κ1) is 18.5. The van der Waals surface area contributed by atoms with Gasteiger partial charge in [0.1, 0.15) is 0 Å². The second-order valence-electron chi connectivity index (χ2n) is 6.73. The lowest BCUT2D eigenvalue weighted by Crippen LogP contribution is -2.46. The maximum Gasteiger partial charge on any atom is 0.307 e. The average molecular weight is 331 g/mol. The molecule has 24 heavy (non-hydrogen) atoms. The molecule has 0 radical (unpaired) electrons. The summed E-state index contributed by atoms with van der Waals surface area (Å²) in [4.78, 5) is 26.3. The molecule has 132 valence electrons. The summed E-state index contributed by atoms with van der Waals surface area (Å²) >= 11 is 0. The first-order valence-electron chi connectivity index (χ1n) is 9.02. The van der Waals surface area contributed by atoms with E-state index in [1.807, 2.05) is 23.1 Å². The predicted molar refractivity (Wildman–Crippen MR) is 94.5 cm³/mol. The van der Waals surface area contributed by atoms with E-state index in [0.717, 1.165) is 25.7 Å². The lowest BCUT2D eigenvalue weighted by atomic mass is 9.84. The van der Waals surface area contributed by atoms with Crippen molar-refractivity contribution in [3.05, 3.63) is 35.9 Å². The fraction of sp³-hybridized carbons (Fsp3) is 0.600. The van der Waals surface area contributed by atoms with Gasteiger partial charge in [-0.1, -0.05) is 50.1 Å². The number of methoxy groups -OCH3 is 1. The molecule has 1 aliphatic rings. The number of rotatable bonds is 7. The summed E-state index contributed by atoms with van der Waals surface area (Å²) in [5, 5.41) is 0. The van der Waals surface area contributed by atoms with Gasteiger partial charge < -0.3 is 9.64 Å². The molecule has 0 aliphatic heterocycles. The van der Waals surface area contributed by atoms with Gasteiger partial charge in [-0.3, -0.25) is 9.59 Å². The summed E-state index contributed by atoms with van der Waals surface area (Å²) in [6.45, 7) is 2.69. The van der Waals surface area contributed by atoms with E-state index in [2.05, 4.69) is 19.1 Å². The lowest BCUT2D eigenvalue weighted by Gasteiger charge is -2.38. The van der Waals surface area contributed by atoms with Gasteiger partial charge in [0.2, 0.25) is 5.91 Å². The Bertz CT molecular complexity index is 529. The Morgan fingerprint density at radius 3 is 2.50 bits per heavy atom. The van der Waals surface area contributed by atoms with Crippen LogP contribution in [0.15, 0.2) is 30.3 Å². The molecule has 1 saturated carbocycles. The Hall–Kier alpha value is -1.84. The quantitative estimate of drug-likeness (QED) is 0.717. The van der Waals surface area contributed by atoms with Crippen molar-refractivity contribution in [1.82, 2.24) is 4.90 Å². The Morgan fingerprint density at radius 2 is 1.83 bits per heavy atom. The summed E-state index contributed by atoms with van der Waals surface area (Å²) in [5.74, 6) is 0.401. The van der Waals surface area contributed by atoms with Gasteiger partial charge in [-0.2, -0.15) is 0 Å². The minimum absolute atomic E-state index is 0.154. The van der Waals surface area contributed by atoms with E-state index in [0.29, 0.717) is 18.9 Å². The highest BCUT2D eigenvalue weighted by atomic mass is 16.5. The van der Waals surface area contributed by atoms with Crippen LogP contribution in [0, 0.1) is 5.92 Å². The van der Waals surface area contributed by atoms with E-state index in [1.165, 1.54) is 19.1 Å². The van der Waals surface area contributed by atoms with Crippen molar-refractivity contribution in [2.45, 2.75) is 57.9 Å². The van der Waals surface area contributed by atoms with E-state index in [4.69, 9.17) is 4.74 Å². The molecule has 1 fully saturated rings. The van der Waals surface area contributed by atoms with Gasteiger partial charge >= 0.3 is 5.97 Å². The van der Waals surface area contributed by atoms with Crippen molar-refractivity contribution in [2.75, 3.05) is 13.7 Å². The number of esters is 1. The normalized spacial score (nSPS) is 20.4. The van der Waals surface area contributed by atoms with Crippen LogP contribution >= 0.6 is 0 Å². The second kappa shape index (κ2) is 9.45. The third-order valence-electron chi connectivity index (χ3n) is 5.04. The molecule has 4 nitrogen and oxygen atoms in total. The molecule has 0 N–H and O–H groups in total. The number of ether oxygens (including phenoxy) is 1. The molecule has 2 rings (SSSR count). The van der Waals surface area contributed by atoms with Crippen molar-refractivity contribution in [3.63, 3.8) is 0 Å². The summed E-state index contributed by atoms with van der Waals surface area (Å²) in [7, 11) is 1.40. The number of hydrogen-bond acceptors (Lipinski definition) is 3. The maximum atomic E-state index is 12.8. The van der Waals surface area contributed by atoms with E-state index < -0.39 is 0 Å². The van der Waals surface area contributed by atoms with Gasteiger partial charge in [-0.25, -0.2) is 0 Å². The van der Waals surface area contributed by atoms with Gasteiger partial charge in [-0.15, -0.1) is 0 Å². The van der Waals surface area contributed by atoms with E-state index in [1.54, 1.807) is 0 Å². The van der Waals surface area contributed by atoms with Crippen molar-refractivity contribution in [3.8, 4) is 0 Å². The Balaban J connectivity index is 1.99. The van der Waals surface area contributed by atoms with Crippen LogP contribution in [0.25, 0.3) is 0 Å². The van der Waals surface area contributed by atoms with E-state index in [9.17, 15) is 9.59 Å². The molecular formula is C20H29NO3. The van der Waals surface area contributed by atoms with Crippen LogP contribution in [0.3, 0.4) is 0 Å². The molecule has 1 aliphatic carbocycles. The summed E-state index contributed by atoms with van der Waals surface area (Å²) < 4.78 is 4.75. The third-order valence-corrected chi connectivity index (χ3v) is 5.04. The highest BCUT2D eigenvalue weighted by molar-refractivity contribution is 5.78. The zero-order valence-electron chi connectivity index (χ0n) is 14.9. The zero-order chi connectivity index (χ0) is 17.4. The SMILES string of the molecule is COC(=O)CCN(C(=O)CCc1ccccc1)C1CCCCC1C. The Kier molecular flexibility index (Phi) is 7.29. The van der Waals surface area contributed by atoms with Crippen LogP contribution in [0.2, 0.25) is 0 Å². The standard InChI is InChI=1S/C20H29NO3/c1-16-8-6-7-11-18(16)21(15-14-20(23)24-2)19(22)13-12-17-9-4-3-5-10-17/h3-5,9-10,16,18H,6-8,11-15H2,1-2H3. The Labute approximate surface area is 145 Å². The van der Waals surface area contributed by atoms with Crippen molar-refractivity contribution < 1.29 is 14.3 Å². The highest BCUT2D eigenvalue weighted by Gasteiger charge is 2.30. The van der Waals surface area contributed by atoms with Gasteiger partial charge in [0.05, 0.1) is 13.5 Å². The number of carbonyl (C=O) groups excluding carboxylic acids is 2. The predicted octanol–water partition coefficient (Wildman–Crippen LogP) is 3.59. The topological polar surface area (TPSA) is 46.6 Å². The molecule has 2 atom stereocenters. The molecule has 0 spiro atoms. The van der Waals surface area contributed by atoms with Gasteiger partial charge in [0.15, 0.2) is 0 Å². The fourth-order valence-corrected chi connectivity index (χ4v) is 3.59. The molecule has 1 aromatic rings. The summed E-state index contributed by atoms with van der Waals surface area (Å²) in [6, 6.07) is 10.3. The Morgan fingerprint density at radius 1 is 1.12 bits per heavy atom. The van der Waals surface area contributed by atoms with Crippen LogP contribution in [0.4, 0.5) is 0 Å². The maximum absolute atomic E-state index is 12.8. The second-order valence-corrected chi connectivity index (χ2v) is 6.73.